The molecule has 104 valence electrons. The quantitative estimate of drug-likeness (QED) is 0.937. The first-order valence-electron chi connectivity index (χ1n) is 7.20. The zero-order valence-corrected chi connectivity index (χ0v) is 12.1. The van der Waals surface area contributed by atoms with Crippen LogP contribution in [0.4, 0.5) is 0 Å². The second-order valence-electron chi connectivity index (χ2n) is 5.64. The van der Waals surface area contributed by atoms with E-state index in [9.17, 15) is 0 Å². The summed E-state index contributed by atoms with van der Waals surface area (Å²) >= 11 is 1.68. The lowest BCUT2D eigenvalue weighted by atomic mass is 10.1. The average molecular weight is 286 g/mol. The summed E-state index contributed by atoms with van der Waals surface area (Å²) in [5.41, 5.74) is 1.22. The summed E-state index contributed by atoms with van der Waals surface area (Å²) in [6, 6.07) is 4.82. The zero-order chi connectivity index (χ0) is 13.4. The number of nitrogens with one attached hydrogen (secondary N) is 1. The molecule has 0 saturated carbocycles. The lowest BCUT2D eigenvalue weighted by molar-refractivity contribution is 0.243. The molecule has 0 spiro atoms. The number of hydrogen-bond acceptors (Lipinski definition) is 5. The zero-order valence-electron chi connectivity index (χ0n) is 11.3. The van der Waals surface area contributed by atoms with Gasteiger partial charge in [0.05, 0.1) is 4.88 Å². The van der Waals surface area contributed by atoms with Gasteiger partial charge in [0.15, 0.2) is 5.82 Å². The maximum absolute atomic E-state index is 4.51. The molecular formula is C15H18N4S. The Balaban J connectivity index is 1.47. The van der Waals surface area contributed by atoms with Crippen molar-refractivity contribution in [3.63, 3.8) is 0 Å². The van der Waals surface area contributed by atoms with E-state index in [-0.39, 0.29) is 0 Å². The third-order valence-electron chi connectivity index (χ3n) is 4.39. The molecule has 4 heterocycles. The van der Waals surface area contributed by atoms with E-state index in [4.69, 9.17) is 0 Å². The minimum Gasteiger partial charge on any atom is -0.315 e. The van der Waals surface area contributed by atoms with Crippen molar-refractivity contribution in [3.05, 3.63) is 35.5 Å². The first-order chi connectivity index (χ1) is 9.90. The molecule has 2 saturated heterocycles. The molecule has 0 amide bonds. The molecule has 0 radical (unpaired) electrons. The van der Waals surface area contributed by atoms with Gasteiger partial charge in [-0.15, -0.1) is 11.3 Å². The standard InChI is InChI=1S/C15H18N4S/c1-2-14(20-5-1)15-17-6-11(7-18-15)10-19-4-3-12-8-16-9-13(12)19/h1-2,5-7,12-13,16H,3-4,8-10H2. The average Bonchev–Trinajstić information content (AvgIpc) is 3.18. The van der Waals surface area contributed by atoms with Crippen LogP contribution in [0.3, 0.4) is 0 Å². The Labute approximate surface area is 122 Å². The van der Waals surface area contributed by atoms with Gasteiger partial charge in [0.1, 0.15) is 0 Å². The molecule has 0 aliphatic carbocycles. The first kappa shape index (κ1) is 12.4. The van der Waals surface area contributed by atoms with E-state index in [1.54, 1.807) is 11.3 Å². The molecule has 20 heavy (non-hydrogen) atoms. The van der Waals surface area contributed by atoms with E-state index in [2.05, 4.69) is 31.6 Å². The van der Waals surface area contributed by atoms with E-state index in [1.807, 2.05) is 18.5 Å². The van der Waals surface area contributed by atoms with Crippen LogP contribution in [-0.2, 0) is 6.54 Å². The van der Waals surface area contributed by atoms with Crippen molar-refractivity contribution in [2.24, 2.45) is 5.92 Å². The van der Waals surface area contributed by atoms with Gasteiger partial charge in [0.25, 0.3) is 0 Å². The SMILES string of the molecule is c1csc(-c2ncc(CN3CCC4CNCC43)cn2)c1. The smallest absolute Gasteiger partial charge is 0.169 e. The van der Waals surface area contributed by atoms with Gasteiger partial charge < -0.3 is 5.32 Å². The normalized spacial score (nSPS) is 26.0. The summed E-state index contributed by atoms with van der Waals surface area (Å²) in [6.45, 7) is 4.52. The second kappa shape index (κ2) is 5.24. The molecule has 4 nitrogen and oxygen atoms in total. The predicted molar refractivity (Wildman–Crippen MR) is 80.5 cm³/mol. The number of rotatable bonds is 3. The summed E-state index contributed by atoms with van der Waals surface area (Å²) in [5.74, 6) is 1.69. The minimum absolute atomic E-state index is 0.715. The molecule has 0 bridgehead atoms. The second-order valence-corrected chi connectivity index (χ2v) is 6.58. The summed E-state index contributed by atoms with van der Waals surface area (Å²) in [7, 11) is 0. The van der Waals surface area contributed by atoms with Crippen LogP contribution in [0.2, 0.25) is 0 Å². The van der Waals surface area contributed by atoms with Gasteiger partial charge in [-0.25, -0.2) is 9.97 Å². The maximum atomic E-state index is 4.51. The van der Waals surface area contributed by atoms with Crippen molar-refractivity contribution in [1.82, 2.24) is 20.2 Å². The van der Waals surface area contributed by atoms with Gasteiger partial charge in [0.2, 0.25) is 0 Å². The van der Waals surface area contributed by atoms with E-state index in [0.717, 1.165) is 29.7 Å². The molecule has 2 fully saturated rings. The number of nitrogens with zero attached hydrogens (tertiary/aromatic N) is 3. The molecule has 5 heteroatoms. The highest BCUT2D eigenvalue weighted by molar-refractivity contribution is 7.13. The molecule has 2 aromatic heterocycles. The molecule has 1 N–H and O–H groups in total. The topological polar surface area (TPSA) is 41.1 Å². The minimum atomic E-state index is 0.715. The van der Waals surface area contributed by atoms with Crippen LogP contribution in [0.5, 0.6) is 0 Å². The Morgan fingerprint density at radius 1 is 1.30 bits per heavy atom. The van der Waals surface area contributed by atoms with Crippen molar-refractivity contribution in [3.8, 4) is 10.7 Å². The van der Waals surface area contributed by atoms with Crippen LogP contribution < -0.4 is 5.32 Å². The number of likely N-dealkylation sites (tertiary alicyclic amines) is 1. The number of hydrogen-bond donors (Lipinski definition) is 1. The largest absolute Gasteiger partial charge is 0.315 e. The molecular weight excluding hydrogens is 268 g/mol. The number of thiophene rings is 1. The number of fused-ring (bicyclic) bond motifs is 1. The van der Waals surface area contributed by atoms with Crippen molar-refractivity contribution >= 4 is 11.3 Å². The fourth-order valence-corrected chi connectivity index (χ4v) is 4.01. The molecule has 4 rings (SSSR count). The van der Waals surface area contributed by atoms with E-state index < -0.39 is 0 Å². The fraction of sp³-hybridized carbons (Fsp3) is 0.467. The summed E-state index contributed by atoms with van der Waals surface area (Å²) < 4.78 is 0. The van der Waals surface area contributed by atoms with Crippen molar-refractivity contribution < 1.29 is 0 Å². The fourth-order valence-electron chi connectivity index (χ4n) is 3.34. The summed E-state index contributed by atoms with van der Waals surface area (Å²) in [5, 5.41) is 5.56. The first-order valence-corrected chi connectivity index (χ1v) is 8.08. The highest BCUT2D eigenvalue weighted by atomic mass is 32.1. The Morgan fingerprint density at radius 3 is 3.00 bits per heavy atom. The Morgan fingerprint density at radius 2 is 2.20 bits per heavy atom. The van der Waals surface area contributed by atoms with Crippen LogP contribution in [-0.4, -0.2) is 40.5 Å². The van der Waals surface area contributed by atoms with E-state index >= 15 is 0 Å². The highest BCUT2D eigenvalue weighted by Gasteiger charge is 2.37. The monoisotopic (exact) mass is 286 g/mol. The predicted octanol–water partition coefficient (Wildman–Crippen LogP) is 2.00. The van der Waals surface area contributed by atoms with Gasteiger partial charge in [-0.2, -0.15) is 0 Å². The Hall–Kier alpha value is -1.30. The molecule has 2 unspecified atom stereocenters. The third kappa shape index (κ3) is 2.26. The van der Waals surface area contributed by atoms with Gasteiger partial charge >= 0.3 is 0 Å². The number of aromatic nitrogens is 2. The lowest BCUT2D eigenvalue weighted by Crippen LogP contribution is -2.33. The van der Waals surface area contributed by atoms with E-state index in [0.29, 0.717) is 6.04 Å². The van der Waals surface area contributed by atoms with Gasteiger partial charge in [0, 0.05) is 37.1 Å². The van der Waals surface area contributed by atoms with Crippen LogP contribution in [0.25, 0.3) is 10.7 Å². The molecule has 0 aromatic carbocycles. The molecule has 2 aromatic rings. The van der Waals surface area contributed by atoms with Crippen LogP contribution in [0, 0.1) is 5.92 Å². The van der Waals surface area contributed by atoms with Crippen LogP contribution in [0.15, 0.2) is 29.9 Å². The maximum Gasteiger partial charge on any atom is 0.169 e. The molecule has 2 aliphatic heterocycles. The van der Waals surface area contributed by atoms with Crippen LogP contribution in [0.1, 0.15) is 12.0 Å². The van der Waals surface area contributed by atoms with Crippen LogP contribution >= 0.6 is 11.3 Å². The summed E-state index contributed by atoms with van der Waals surface area (Å²) in [6.07, 6.45) is 5.29. The van der Waals surface area contributed by atoms with Gasteiger partial charge in [-0.3, -0.25) is 4.90 Å². The Bertz CT molecular complexity index is 566. The highest BCUT2D eigenvalue weighted by Crippen LogP contribution is 2.28. The van der Waals surface area contributed by atoms with Gasteiger partial charge in [-0.05, 0) is 36.9 Å². The molecule has 2 atom stereocenters. The third-order valence-corrected chi connectivity index (χ3v) is 5.26. The molecule has 2 aliphatic rings. The lowest BCUT2D eigenvalue weighted by Gasteiger charge is -2.22. The van der Waals surface area contributed by atoms with Gasteiger partial charge in [-0.1, -0.05) is 6.07 Å². The van der Waals surface area contributed by atoms with Crippen molar-refractivity contribution in [2.45, 2.75) is 19.0 Å². The Kier molecular flexibility index (Phi) is 3.26. The summed E-state index contributed by atoms with van der Waals surface area (Å²) in [4.78, 5) is 12.7. The van der Waals surface area contributed by atoms with Crippen molar-refractivity contribution in [2.75, 3.05) is 19.6 Å². The van der Waals surface area contributed by atoms with E-state index in [1.165, 1.54) is 25.1 Å². The van der Waals surface area contributed by atoms with Crippen molar-refractivity contribution in [1.29, 1.82) is 0 Å².